The van der Waals surface area contributed by atoms with Gasteiger partial charge in [0.15, 0.2) is 0 Å². The summed E-state index contributed by atoms with van der Waals surface area (Å²) in [7, 11) is 0.980. The van der Waals surface area contributed by atoms with E-state index in [9.17, 15) is 4.79 Å². The van der Waals surface area contributed by atoms with E-state index in [2.05, 4.69) is 38.4 Å². The lowest BCUT2D eigenvalue weighted by molar-refractivity contribution is -0.142. The summed E-state index contributed by atoms with van der Waals surface area (Å²) >= 11 is 7.02. The van der Waals surface area contributed by atoms with Crippen molar-refractivity contribution in [1.82, 2.24) is 0 Å². The molecule has 0 aliphatic carbocycles. The second kappa shape index (κ2) is 14.3. The Hall–Kier alpha value is 0.387. The van der Waals surface area contributed by atoms with Crippen LogP contribution in [-0.4, -0.2) is 25.0 Å². The van der Waals surface area contributed by atoms with Gasteiger partial charge >= 0.3 is 5.97 Å². The third-order valence-corrected chi connectivity index (χ3v) is 5.96. The Morgan fingerprint density at radius 1 is 1.15 bits per heavy atom. The van der Waals surface area contributed by atoms with E-state index in [4.69, 9.17) is 4.74 Å². The molecule has 1 atom stereocenters. The fraction of sp³-hybridized carbons (Fsp3) is 0.800. The molecular formula is C15H26Br2O2Si. The highest BCUT2D eigenvalue weighted by atomic mass is 79.9. The third-order valence-electron chi connectivity index (χ3n) is 3.07. The molecule has 116 valence electrons. The lowest BCUT2D eigenvalue weighted by atomic mass is 10.1. The molecule has 2 radical (unpaired) electrons. The minimum Gasteiger partial charge on any atom is -0.460 e. The van der Waals surface area contributed by atoms with Gasteiger partial charge in [0.25, 0.3) is 0 Å². The molecule has 0 aliphatic rings. The maximum atomic E-state index is 11.0. The van der Waals surface area contributed by atoms with E-state index in [0.29, 0.717) is 3.36 Å². The molecule has 0 aromatic carbocycles. The zero-order chi connectivity index (χ0) is 15.2. The molecule has 0 bridgehead atoms. The fourth-order valence-corrected chi connectivity index (χ4v) is 4.00. The zero-order valence-electron chi connectivity index (χ0n) is 12.4. The zero-order valence-corrected chi connectivity index (χ0v) is 16.5. The van der Waals surface area contributed by atoms with Crippen molar-refractivity contribution in [3.63, 3.8) is 0 Å². The van der Waals surface area contributed by atoms with Gasteiger partial charge < -0.3 is 4.74 Å². The SMILES string of the molecule is C=CC(=O)OC(C)CCCCCCCCC[Si]C(Br)Br. The van der Waals surface area contributed by atoms with Crippen LogP contribution in [0.15, 0.2) is 12.7 Å². The molecule has 0 spiro atoms. The largest absolute Gasteiger partial charge is 0.460 e. The predicted octanol–water partition coefficient (Wildman–Crippen LogP) is 5.42. The lowest BCUT2D eigenvalue weighted by Crippen LogP contribution is -2.12. The number of rotatable bonds is 13. The van der Waals surface area contributed by atoms with Gasteiger partial charge in [-0.05, 0) is 19.8 Å². The van der Waals surface area contributed by atoms with Gasteiger partial charge in [-0.3, -0.25) is 0 Å². The van der Waals surface area contributed by atoms with Crippen LogP contribution in [0, 0.1) is 0 Å². The molecule has 0 aliphatic heterocycles. The third kappa shape index (κ3) is 14.8. The number of halogens is 2. The second-order valence-corrected chi connectivity index (χ2v) is 11.2. The monoisotopic (exact) mass is 424 g/mol. The Kier molecular flexibility index (Phi) is 14.6. The van der Waals surface area contributed by atoms with Crippen LogP contribution in [0.3, 0.4) is 0 Å². The van der Waals surface area contributed by atoms with Crippen LogP contribution in [0.5, 0.6) is 0 Å². The smallest absolute Gasteiger partial charge is 0.330 e. The van der Waals surface area contributed by atoms with Gasteiger partial charge in [0, 0.05) is 6.08 Å². The lowest BCUT2D eigenvalue weighted by Gasteiger charge is -2.11. The van der Waals surface area contributed by atoms with E-state index in [1.54, 1.807) is 0 Å². The molecule has 0 saturated carbocycles. The maximum Gasteiger partial charge on any atom is 0.330 e. The van der Waals surface area contributed by atoms with Crippen molar-refractivity contribution in [3.8, 4) is 0 Å². The minimum absolute atomic E-state index is 0.0166. The summed E-state index contributed by atoms with van der Waals surface area (Å²) in [5.41, 5.74) is 0. The summed E-state index contributed by atoms with van der Waals surface area (Å²) in [5.74, 6) is -0.313. The highest BCUT2D eigenvalue weighted by Gasteiger charge is 2.05. The molecule has 20 heavy (non-hydrogen) atoms. The fourth-order valence-electron chi connectivity index (χ4n) is 1.96. The molecule has 0 fully saturated rings. The Morgan fingerprint density at radius 2 is 1.70 bits per heavy atom. The van der Waals surface area contributed by atoms with Crippen LogP contribution in [-0.2, 0) is 9.53 Å². The van der Waals surface area contributed by atoms with Crippen LogP contribution < -0.4 is 0 Å². The summed E-state index contributed by atoms with van der Waals surface area (Å²) in [4.78, 5) is 11.0. The summed E-state index contributed by atoms with van der Waals surface area (Å²) in [6.45, 7) is 5.34. The number of alkyl halides is 2. The number of esters is 1. The maximum absolute atomic E-state index is 11.0. The van der Waals surface area contributed by atoms with Gasteiger partial charge in [-0.25, -0.2) is 4.79 Å². The Balaban J connectivity index is 3.20. The number of ether oxygens (including phenoxy) is 1. The molecule has 5 heteroatoms. The molecule has 1 unspecified atom stereocenters. The Morgan fingerprint density at radius 3 is 2.25 bits per heavy atom. The normalized spacial score (nSPS) is 12.4. The number of carbonyl (C=O) groups is 1. The molecule has 0 rings (SSSR count). The molecule has 0 aromatic rings. The van der Waals surface area contributed by atoms with Crippen molar-refractivity contribution in [2.24, 2.45) is 0 Å². The molecule has 0 N–H and O–H groups in total. The van der Waals surface area contributed by atoms with E-state index >= 15 is 0 Å². The van der Waals surface area contributed by atoms with Crippen molar-refractivity contribution in [2.75, 3.05) is 0 Å². The van der Waals surface area contributed by atoms with Gasteiger partial charge in [-0.2, -0.15) is 0 Å². The highest BCUT2D eigenvalue weighted by Crippen LogP contribution is 2.13. The van der Waals surface area contributed by atoms with Gasteiger partial charge in [0.1, 0.15) is 0 Å². The van der Waals surface area contributed by atoms with Crippen LogP contribution in [0.4, 0.5) is 0 Å². The number of unbranched alkanes of at least 4 members (excludes halogenated alkanes) is 6. The molecule has 0 amide bonds. The summed E-state index contributed by atoms with van der Waals surface area (Å²) in [6, 6.07) is 1.33. The molecule has 0 aromatic heterocycles. The second-order valence-electron chi connectivity index (χ2n) is 4.97. The van der Waals surface area contributed by atoms with E-state index in [-0.39, 0.29) is 12.1 Å². The van der Waals surface area contributed by atoms with Crippen molar-refractivity contribution >= 4 is 47.3 Å². The first kappa shape index (κ1) is 20.4. The van der Waals surface area contributed by atoms with Crippen molar-refractivity contribution in [3.05, 3.63) is 12.7 Å². The Bertz CT molecular complexity index is 260. The number of hydrogen-bond donors (Lipinski definition) is 0. The predicted molar refractivity (Wildman–Crippen MR) is 94.9 cm³/mol. The van der Waals surface area contributed by atoms with Crippen molar-refractivity contribution in [2.45, 2.75) is 73.8 Å². The highest BCUT2D eigenvalue weighted by molar-refractivity contribution is 9.25. The van der Waals surface area contributed by atoms with Crippen LogP contribution in [0.2, 0.25) is 6.04 Å². The summed E-state index contributed by atoms with van der Waals surface area (Å²) < 4.78 is 5.63. The summed E-state index contributed by atoms with van der Waals surface area (Å²) in [5, 5.41) is 0. The van der Waals surface area contributed by atoms with E-state index in [1.807, 2.05) is 6.92 Å². The van der Waals surface area contributed by atoms with E-state index in [1.165, 1.54) is 50.6 Å². The molecular weight excluding hydrogens is 400 g/mol. The van der Waals surface area contributed by atoms with Crippen molar-refractivity contribution < 1.29 is 9.53 Å². The topological polar surface area (TPSA) is 26.3 Å². The van der Waals surface area contributed by atoms with Crippen LogP contribution in [0.1, 0.15) is 58.3 Å². The first-order chi connectivity index (χ1) is 9.56. The van der Waals surface area contributed by atoms with Gasteiger partial charge in [-0.15, -0.1) is 0 Å². The minimum atomic E-state index is -0.313. The average Bonchev–Trinajstić information content (AvgIpc) is 2.40. The van der Waals surface area contributed by atoms with E-state index in [0.717, 1.165) is 22.4 Å². The van der Waals surface area contributed by atoms with E-state index < -0.39 is 0 Å². The first-order valence-corrected chi connectivity index (χ1v) is 10.5. The standard InChI is InChI=1S/C15H26Br2O2Si/c1-3-14(18)19-13(2)11-9-7-5-4-6-8-10-12-20-15(16)17/h3,13,15H,1,4-12H2,2H3. The molecule has 2 nitrogen and oxygen atoms in total. The van der Waals surface area contributed by atoms with Gasteiger partial charge in [-0.1, -0.05) is 83.0 Å². The quantitative estimate of drug-likeness (QED) is 0.129. The van der Waals surface area contributed by atoms with Gasteiger partial charge in [0.05, 0.1) is 19.0 Å². The van der Waals surface area contributed by atoms with Crippen LogP contribution in [0.25, 0.3) is 0 Å². The summed E-state index contributed by atoms with van der Waals surface area (Å²) in [6.07, 6.45) is 11.3. The Labute approximate surface area is 143 Å². The average molecular weight is 426 g/mol. The van der Waals surface area contributed by atoms with Gasteiger partial charge in [0.2, 0.25) is 0 Å². The van der Waals surface area contributed by atoms with Crippen molar-refractivity contribution in [1.29, 1.82) is 0 Å². The number of hydrogen-bond acceptors (Lipinski definition) is 2. The van der Waals surface area contributed by atoms with Crippen LogP contribution >= 0.6 is 31.9 Å². The molecule has 0 heterocycles. The first-order valence-electron chi connectivity index (χ1n) is 7.41. The molecule has 0 saturated heterocycles. The number of carbonyl (C=O) groups excluding carboxylic acids is 1.